The van der Waals surface area contributed by atoms with E-state index in [2.05, 4.69) is 20.9 Å². The predicted octanol–water partition coefficient (Wildman–Crippen LogP) is 4.64. The minimum atomic E-state index is -3.87. The highest BCUT2D eigenvalue weighted by atomic mass is 32.2. The Labute approximate surface area is 299 Å². The second-order valence-corrected chi connectivity index (χ2v) is 16.5. The van der Waals surface area contributed by atoms with Gasteiger partial charge in [0.25, 0.3) is 5.91 Å². The summed E-state index contributed by atoms with van der Waals surface area (Å²) >= 11 is 0. The third-order valence-corrected chi connectivity index (χ3v) is 11.6. The van der Waals surface area contributed by atoms with E-state index < -0.39 is 56.8 Å². The molecule has 0 bridgehead atoms. The second-order valence-electron chi connectivity index (χ2n) is 13.9. The Hall–Kier alpha value is -4.81. The number of aromatic nitrogens is 1. The molecule has 3 aromatic carbocycles. The summed E-state index contributed by atoms with van der Waals surface area (Å²) in [6.45, 7) is 6.82. The number of para-hydroxylation sites is 1. The number of hydrogen-bond acceptors (Lipinski definition) is 8. The van der Waals surface area contributed by atoms with Crippen molar-refractivity contribution < 1.29 is 32.3 Å². The molecule has 270 valence electrons. The molecule has 3 amide bonds. The smallest absolute Gasteiger partial charge is 0.407 e. The number of fused-ring (bicyclic) bond motifs is 1. The summed E-state index contributed by atoms with van der Waals surface area (Å²) in [5, 5.41) is 9.41. The number of nitrogens with one attached hydrogen (secondary N) is 3. The first-order valence-corrected chi connectivity index (χ1v) is 19.0. The molecule has 3 N–H and O–H groups in total. The number of pyridine rings is 1. The van der Waals surface area contributed by atoms with Crippen LogP contribution in [0.4, 0.5) is 4.79 Å². The van der Waals surface area contributed by atoms with Gasteiger partial charge in [-0.15, -0.1) is 0 Å². The summed E-state index contributed by atoms with van der Waals surface area (Å²) in [5.74, 6) is -1.23. The van der Waals surface area contributed by atoms with Crippen molar-refractivity contribution in [2.75, 3.05) is 12.9 Å². The van der Waals surface area contributed by atoms with E-state index in [9.17, 15) is 22.8 Å². The molecule has 1 aliphatic heterocycles. The van der Waals surface area contributed by atoms with Crippen LogP contribution in [0.5, 0.6) is 0 Å². The number of amides is 3. The van der Waals surface area contributed by atoms with Crippen molar-refractivity contribution in [2.24, 2.45) is 5.92 Å². The maximum Gasteiger partial charge on any atom is 0.407 e. The molecule has 51 heavy (non-hydrogen) atoms. The normalized spacial score (nSPS) is 17.6. The quantitative estimate of drug-likeness (QED) is 0.150. The number of epoxide rings is 1. The van der Waals surface area contributed by atoms with Gasteiger partial charge in [0.05, 0.1) is 16.3 Å². The Morgan fingerprint density at radius 3 is 2.06 bits per heavy atom. The monoisotopic (exact) mass is 714 g/mol. The molecule has 4 aromatic rings. The van der Waals surface area contributed by atoms with E-state index in [0.29, 0.717) is 18.4 Å². The van der Waals surface area contributed by atoms with Crippen molar-refractivity contribution in [3.05, 3.63) is 114 Å². The van der Waals surface area contributed by atoms with E-state index in [1.165, 1.54) is 19.9 Å². The Morgan fingerprint density at radius 2 is 1.43 bits per heavy atom. The molecule has 1 aromatic heterocycles. The molecule has 1 saturated heterocycles. The highest BCUT2D eigenvalue weighted by molar-refractivity contribution is 7.92. The average Bonchev–Trinajstić information content (AvgIpc) is 3.89. The van der Waals surface area contributed by atoms with Crippen LogP contribution in [0.3, 0.4) is 0 Å². The van der Waals surface area contributed by atoms with Gasteiger partial charge in [0.2, 0.25) is 5.91 Å². The van der Waals surface area contributed by atoms with Crippen LogP contribution in [-0.2, 0) is 36.9 Å². The number of sulfone groups is 1. The zero-order valence-corrected chi connectivity index (χ0v) is 30.4. The largest absolute Gasteiger partial charge is 0.447 e. The van der Waals surface area contributed by atoms with E-state index in [1.54, 1.807) is 18.2 Å². The number of carbonyl (C=O) groups excluding carboxylic acids is 3. The van der Waals surface area contributed by atoms with Crippen molar-refractivity contribution in [1.29, 1.82) is 0 Å². The van der Waals surface area contributed by atoms with Gasteiger partial charge in [-0.05, 0) is 55.9 Å². The van der Waals surface area contributed by atoms with Crippen molar-refractivity contribution >= 4 is 38.6 Å². The van der Waals surface area contributed by atoms with Gasteiger partial charge in [-0.2, -0.15) is 0 Å². The van der Waals surface area contributed by atoms with Crippen LogP contribution < -0.4 is 16.0 Å². The molecule has 11 nitrogen and oxygen atoms in total. The topological polar surface area (TPSA) is 156 Å². The van der Waals surface area contributed by atoms with E-state index in [4.69, 9.17) is 9.47 Å². The standard InChI is InChI=1S/C39H46N4O7S/c1-25(2)31(22-26-14-8-6-9-15-26)42-38(46)49-24-33-34(50-33)32(23-27-16-10-7-11-17-27)41-37(45)35(39(3,4)51(5,47)48)43-36(44)30-21-20-28-18-12-13-19-29(28)40-30/h6-21,25,31-35H,22-24H2,1-5H3,(H,41,45)(H,42,46)(H,43,44)/t31-,32+,33+,34-,35-/m1/s1. The average molecular weight is 715 g/mol. The summed E-state index contributed by atoms with van der Waals surface area (Å²) in [4.78, 5) is 44.9. The third kappa shape index (κ3) is 9.71. The summed E-state index contributed by atoms with van der Waals surface area (Å²) in [5.41, 5.74) is 2.63. The lowest BCUT2D eigenvalue weighted by molar-refractivity contribution is -0.124. The SMILES string of the molecule is CC(C)[C@@H](Cc1ccccc1)NC(=O)OC[C@@H]1O[C@@H]1[C@H](Cc1ccccc1)NC(=O)[C@@H](NC(=O)c1ccc2ccccc2n1)C(C)(C)S(C)(=O)=O. The van der Waals surface area contributed by atoms with Gasteiger partial charge in [-0.1, -0.05) is 98.8 Å². The first kappa shape index (κ1) is 37.4. The number of benzene rings is 3. The number of hydrogen-bond donors (Lipinski definition) is 3. The highest BCUT2D eigenvalue weighted by Gasteiger charge is 2.49. The Kier molecular flexibility index (Phi) is 11.8. The van der Waals surface area contributed by atoms with Gasteiger partial charge in [0, 0.05) is 17.7 Å². The van der Waals surface area contributed by atoms with E-state index in [1.807, 2.05) is 86.6 Å². The summed E-state index contributed by atoms with van der Waals surface area (Å²) in [7, 11) is -3.87. The van der Waals surface area contributed by atoms with E-state index in [-0.39, 0.29) is 24.3 Å². The zero-order chi connectivity index (χ0) is 36.8. The van der Waals surface area contributed by atoms with Crippen LogP contribution in [0.1, 0.15) is 49.3 Å². The molecule has 5 atom stereocenters. The van der Waals surface area contributed by atoms with E-state index in [0.717, 1.165) is 22.8 Å². The third-order valence-electron chi connectivity index (χ3n) is 9.45. The zero-order valence-electron chi connectivity index (χ0n) is 29.5. The van der Waals surface area contributed by atoms with E-state index >= 15 is 0 Å². The van der Waals surface area contributed by atoms with Crippen LogP contribution in [-0.4, -0.2) is 79.3 Å². The van der Waals surface area contributed by atoms with Crippen LogP contribution in [0.2, 0.25) is 0 Å². The maximum absolute atomic E-state index is 14.1. The number of ether oxygens (including phenoxy) is 2. The van der Waals surface area contributed by atoms with Crippen LogP contribution in [0.15, 0.2) is 97.1 Å². The highest BCUT2D eigenvalue weighted by Crippen LogP contribution is 2.29. The minimum Gasteiger partial charge on any atom is -0.447 e. The van der Waals surface area contributed by atoms with Crippen LogP contribution >= 0.6 is 0 Å². The summed E-state index contributed by atoms with van der Waals surface area (Å²) in [6.07, 6.45) is 0.420. The summed E-state index contributed by atoms with van der Waals surface area (Å²) < 4.78 is 35.8. The Bertz CT molecular complexity index is 1940. The van der Waals surface area contributed by atoms with Crippen LogP contribution in [0.25, 0.3) is 10.9 Å². The fraction of sp³-hybridized carbons (Fsp3) is 0.385. The number of alkyl carbamates (subject to hydrolysis) is 1. The first-order chi connectivity index (χ1) is 24.2. The van der Waals surface area contributed by atoms with Crippen molar-refractivity contribution in [3.8, 4) is 0 Å². The molecular formula is C39H46N4O7S. The van der Waals surface area contributed by atoms with Gasteiger partial charge in [-0.3, -0.25) is 9.59 Å². The molecular weight excluding hydrogens is 669 g/mol. The number of carbonyl (C=O) groups is 3. The van der Waals surface area contributed by atoms with Gasteiger partial charge < -0.3 is 25.4 Å². The van der Waals surface area contributed by atoms with Gasteiger partial charge >= 0.3 is 6.09 Å². The minimum absolute atomic E-state index is 0.0427. The molecule has 12 heteroatoms. The van der Waals surface area contributed by atoms with Gasteiger partial charge in [0.15, 0.2) is 9.84 Å². The lowest BCUT2D eigenvalue weighted by atomic mass is 9.97. The number of nitrogens with zero attached hydrogens (tertiary/aromatic N) is 1. The number of rotatable bonds is 15. The molecule has 0 saturated carbocycles. The van der Waals surface area contributed by atoms with Crippen molar-refractivity contribution in [3.63, 3.8) is 0 Å². The molecule has 1 aliphatic rings. The molecule has 2 heterocycles. The molecule has 0 spiro atoms. The van der Waals surface area contributed by atoms with Crippen molar-refractivity contribution in [2.45, 2.75) is 75.6 Å². The maximum atomic E-state index is 14.1. The molecule has 0 unspecified atom stereocenters. The molecule has 5 rings (SSSR count). The van der Waals surface area contributed by atoms with Gasteiger partial charge in [0.1, 0.15) is 30.6 Å². The lowest BCUT2D eigenvalue weighted by Crippen LogP contribution is -2.62. The predicted molar refractivity (Wildman–Crippen MR) is 196 cm³/mol. The Balaban J connectivity index is 1.29. The molecule has 0 radical (unpaired) electrons. The molecule has 1 fully saturated rings. The van der Waals surface area contributed by atoms with Gasteiger partial charge in [-0.25, -0.2) is 18.2 Å². The van der Waals surface area contributed by atoms with Crippen molar-refractivity contribution in [1.82, 2.24) is 20.9 Å². The van der Waals surface area contributed by atoms with Crippen LogP contribution in [0, 0.1) is 5.92 Å². The summed E-state index contributed by atoms with van der Waals surface area (Å²) in [6, 6.07) is 27.6. The second kappa shape index (κ2) is 16.0. The first-order valence-electron chi connectivity index (χ1n) is 17.1. The fourth-order valence-electron chi connectivity index (χ4n) is 5.87. The fourth-order valence-corrected chi connectivity index (χ4v) is 6.46. The lowest BCUT2D eigenvalue weighted by Gasteiger charge is -2.33. The Morgan fingerprint density at radius 1 is 0.824 bits per heavy atom. The molecule has 0 aliphatic carbocycles.